The van der Waals surface area contributed by atoms with E-state index >= 15 is 0 Å². The fourth-order valence-electron chi connectivity index (χ4n) is 1.71. The van der Waals surface area contributed by atoms with Crippen molar-refractivity contribution in [2.24, 2.45) is 7.05 Å². The molecule has 0 spiro atoms. The lowest BCUT2D eigenvalue weighted by molar-refractivity contribution is 0.102. The molecule has 1 N–H and O–H groups in total. The minimum atomic E-state index is -0.453. The number of aryl methyl sites for hydroxylation is 1. The van der Waals surface area contributed by atoms with Gasteiger partial charge in [0.2, 0.25) is 0 Å². The van der Waals surface area contributed by atoms with E-state index in [-0.39, 0.29) is 11.3 Å². The Hall–Kier alpha value is -3.36. The van der Waals surface area contributed by atoms with E-state index in [1.807, 2.05) is 0 Å². The van der Waals surface area contributed by atoms with Crippen LogP contribution in [-0.4, -0.2) is 35.4 Å². The summed E-state index contributed by atoms with van der Waals surface area (Å²) in [4.78, 5) is 31.5. The molecule has 3 aromatic rings. The number of carbonyl (C=O) groups excluding carboxylic acids is 1. The summed E-state index contributed by atoms with van der Waals surface area (Å²) in [6, 6.07) is 4.39. The van der Waals surface area contributed by atoms with E-state index in [4.69, 9.17) is 0 Å². The van der Waals surface area contributed by atoms with Crippen LogP contribution in [0.2, 0.25) is 0 Å². The molecule has 1 amide bonds. The molecule has 0 atom stereocenters. The van der Waals surface area contributed by atoms with Crippen molar-refractivity contribution in [1.29, 1.82) is 0 Å². The van der Waals surface area contributed by atoms with Crippen molar-refractivity contribution < 1.29 is 4.79 Å². The van der Waals surface area contributed by atoms with Gasteiger partial charge in [-0.1, -0.05) is 0 Å². The number of nitrogens with zero attached hydrogens (tertiary/aromatic N) is 6. The molecule has 110 valence electrons. The topological polar surface area (TPSA) is 108 Å². The Morgan fingerprint density at radius 3 is 2.64 bits per heavy atom. The van der Waals surface area contributed by atoms with Crippen molar-refractivity contribution in [1.82, 2.24) is 29.5 Å². The number of nitrogens with one attached hydrogen (secondary N) is 1. The SMILES string of the molecule is Cn1nc(C(=O)Nc2cnc(-n3cccn3)nc2)ccc1=O. The fraction of sp³-hybridized carbons (Fsp3) is 0.0769. The van der Waals surface area contributed by atoms with Crippen LogP contribution in [0.15, 0.2) is 47.8 Å². The molecule has 3 aromatic heterocycles. The third-order valence-electron chi connectivity index (χ3n) is 2.80. The number of hydrogen-bond acceptors (Lipinski definition) is 6. The molecule has 0 aromatic carbocycles. The zero-order valence-corrected chi connectivity index (χ0v) is 11.5. The average molecular weight is 297 g/mol. The summed E-state index contributed by atoms with van der Waals surface area (Å²) in [7, 11) is 1.47. The summed E-state index contributed by atoms with van der Waals surface area (Å²) in [6.45, 7) is 0. The molecule has 0 fully saturated rings. The van der Waals surface area contributed by atoms with Crippen LogP contribution in [0.3, 0.4) is 0 Å². The minimum absolute atomic E-state index is 0.123. The highest BCUT2D eigenvalue weighted by atomic mass is 16.2. The van der Waals surface area contributed by atoms with Crippen molar-refractivity contribution in [3.05, 3.63) is 59.0 Å². The first-order valence-corrected chi connectivity index (χ1v) is 6.31. The van der Waals surface area contributed by atoms with Gasteiger partial charge in [0.25, 0.3) is 17.4 Å². The molecule has 3 heterocycles. The van der Waals surface area contributed by atoms with Gasteiger partial charge in [0.05, 0.1) is 18.1 Å². The quantitative estimate of drug-likeness (QED) is 0.729. The molecule has 0 saturated heterocycles. The lowest BCUT2D eigenvalue weighted by Gasteiger charge is -2.05. The Kier molecular flexibility index (Phi) is 3.44. The summed E-state index contributed by atoms with van der Waals surface area (Å²) < 4.78 is 2.59. The Labute approximate surface area is 124 Å². The van der Waals surface area contributed by atoms with E-state index in [1.54, 1.807) is 18.5 Å². The lowest BCUT2D eigenvalue weighted by atomic mass is 10.3. The number of rotatable bonds is 3. The lowest BCUT2D eigenvalue weighted by Crippen LogP contribution is -2.23. The Morgan fingerprint density at radius 1 is 1.23 bits per heavy atom. The van der Waals surface area contributed by atoms with Crippen LogP contribution < -0.4 is 10.9 Å². The number of aromatic nitrogens is 6. The van der Waals surface area contributed by atoms with Crippen LogP contribution in [0.25, 0.3) is 5.95 Å². The van der Waals surface area contributed by atoms with Crippen molar-refractivity contribution in [2.75, 3.05) is 5.32 Å². The summed E-state index contributed by atoms with van der Waals surface area (Å²) in [5.74, 6) is -0.0609. The number of carbonyl (C=O) groups is 1. The van der Waals surface area contributed by atoms with Gasteiger partial charge in [-0.15, -0.1) is 0 Å². The second-order valence-electron chi connectivity index (χ2n) is 4.36. The smallest absolute Gasteiger partial charge is 0.276 e. The fourth-order valence-corrected chi connectivity index (χ4v) is 1.71. The Bertz CT molecular complexity index is 853. The van der Waals surface area contributed by atoms with Gasteiger partial charge in [-0.05, 0) is 12.1 Å². The van der Waals surface area contributed by atoms with Gasteiger partial charge >= 0.3 is 0 Å². The molecule has 0 aliphatic carbocycles. The maximum Gasteiger partial charge on any atom is 0.276 e. The van der Waals surface area contributed by atoms with Crippen LogP contribution >= 0.6 is 0 Å². The molecular weight excluding hydrogens is 286 g/mol. The first-order chi connectivity index (χ1) is 10.6. The summed E-state index contributed by atoms with van der Waals surface area (Å²) in [5, 5.41) is 10.5. The largest absolute Gasteiger partial charge is 0.318 e. The maximum absolute atomic E-state index is 12.0. The highest BCUT2D eigenvalue weighted by Crippen LogP contribution is 2.06. The molecular formula is C13H11N7O2. The monoisotopic (exact) mass is 297 g/mol. The van der Waals surface area contributed by atoms with Crippen LogP contribution in [0.5, 0.6) is 0 Å². The predicted octanol–water partition coefficient (Wildman–Crippen LogP) is 0.00830. The van der Waals surface area contributed by atoms with E-state index in [0.717, 1.165) is 4.68 Å². The minimum Gasteiger partial charge on any atom is -0.318 e. The number of anilines is 1. The van der Waals surface area contributed by atoms with Gasteiger partial charge in [-0.3, -0.25) is 9.59 Å². The maximum atomic E-state index is 12.0. The van der Waals surface area contributed by atoms with Crippen molar-refractivity contribution in [3.8, 4) is 5.95 Å². The molecule has 9 heteroatoms. The predicted molar refractivity (Wildman–Crippen MR) is 76.6 cm³/mol. The molecule has 22 heavy (non-hydrogen) atoms. The van der Waals surface area contributed by atoms with Crippen LogP contribution in [0, 0.1) is 0 Å². The van der Waals surface area contributed by atoms with Gasteiger partial charge in [0, 0.05) is 25.5 Å². The molecule has 3 rings (SSSR count). The zero-order valence-electron chi connectivity index (χ0n) is 11.5. The van der Waals surface area contributed by atoms with Gasteiger partial charge < -0.3 is 5.32 Å². The van der Waals surface area contributed by atoms with E-state index in [2.05, 4.69) is 25.5 Å². The third-order valence-corrected chi connectivity index (χ3v) is 2.80. The van der Waals surface area contributed by atoms with E-state index in [1.165, 1.54) is 36.3 Å². The standard InChI is InChI=1S/C13H11N7O2/c1-19-11(21)4-3-10(18-19)12(22)17-9-7-14-13(15-8-9)20-6-2-5-16-20/h2-8H,1H3,(H,17,22). The third kappa shape index (κ3) is 2.73. The van der Waals surface area contributed by atoms with E-state index in [0.29, 0.717) is 11.6 Å². The van der Waals surface area contributed by atoms with Gasteiger partial charge in [0.15, 0.2) is 0 Å². The highest BCUT2D eigenvalue weighted by molar-refractivity contribution is 6.02. The molecule has 0 radical (unpaired) electrons. The molecule has 0 saturated carbocycles. The second kappa shape index (κ2) is 5.56. The first-order valence-electron chi connectivity index (χ1n) is 6.31. The van der Waals surface area contributed by atoms with Crippen molar-refractivity contribution in [2.45, 2.75) is 0 Å². The molecule has 0 aliphatic heterocycles. The van der Waals surface area contributed by atoms with Crippen molar-refractivity contribution >= 4 is 11.6 Å². The number of hydrogen-bond donors (Lipinski definition) is 1. The summed E-state index contributed by atoms with van der Waals surface area (Å²) in [6.07, 6.45) is 6.25. The van der Waals surface area contributed by atoms with Gasteiger partial charge in [-0.25, -0.2) is 19.3 Å². The van der Waals surface area contributed by atoms with E-state index in [9.17, 15) is 9.59 Å². The van der Waals surface area contributed by atoms with E-state index < -0.39 is 5.91 Å². The Balaban J connectivity index is 1.76. The normalized spacial score (nSPS) is 10.4. The average Bonchev–Trinajstić information content (AvgIpc) is 3.05. The molecule has 0 bridgehead atoms. The van der Waals surface area contributed by atoms with Crippen molar-refractivity contribution in [3.63, 3.8) is 0 Å². The molecule has 0 unspecified atom stereocenters. The van der Waals surface area contributed by atoms with Crippen LogP contribution in [-0.2, 0) is 7.05 Å². The van der Waals surface area contributed by atoms with Crippen LogP contribution in [0.4, 0.5) is 5.69 Å². The highest BCUT2D eigenvalue weighted by Gasteiger charge is 2.10. The summed E-state index contributed by atoms with van der Waals surface area (Å²) in [5.41, 5.74) is 0.248. The molecule has 9 nitrogen and oxygen atoms in total. The zero-order chi connectivity index (χ0) is 15.5. The Morgan fingerprint density at radius 2 is 2.00 bits per heavy atom. The summed E-state index contributed by atoms with van der Waals surface area (Å²) >= 11 is 0. The first kappa shape index (κ1) is 13.6. The molecule has 0 aliphatic rings. The second-order valence-corrected chi connectivity index (χ2v) is 4.36. The van der Waals surface area contributed by atoms with Gasteiger partial charge in [0.1, 0.15) is 5.69 Å². The van der Waals surface area contributed by atoms with Gasteiger partial charge in [-0.2, -0.15) is 10.2 Å². The van der Waals surface area contributed by atoms with Crippen LogP contribution in [0.1, 0.15) is 10.5 Å². The number of amides is 1.